The average Bonchev–Trinajstić information content (AvgIpc) is 2.97. The molecule has 0 N–H and O–H groups in total. The Hall–Kier alpha value is -1.65. The summed E-state index contributed by atoms with van der Waals surface area (Å²) in [6.07, 6.45) is 5.18. The van der Waals surface area contributed by atoms with Gasteiger partial charge in [0.25, 0.3) is 0 Å². The molecule has 2 aromatic rings. The number of benzene rings is 1. The lowest BCUT2D eigenvalue weighted by molar-refractivity contribution is 0.0878. The molecule has 4 nitrogen and oxygen atoms in total. The number of nitrogens with zero attached hydrogens (tertiary/aromatic N) is 4. The van der Waals surface area contributed by atoms with Gasteiger partial charge in [0.2, 0.25) is 0 Å². The van der Waals surface area contributed by atoms with Crippen molar-refractivity contribution in [2.24, 2.45) is 0 Å². The molecule has 0 unspecified atom stereocenters. The van der Waals surface area contributed by atoms with Crippen LogP contribution < -0.4 is 0 Å². The summed E-state index contributed by atoms with van der Waals surface area (Å²) in [7, 11) is 2.23. The van der Waals surface area contributed by atoms with Gasteiger partial charge in [-0.25, -0.2) is 4.98 Å². The molecule has 1 aromatic carbocycles. The van der Waals surface area contributed by atoms with E-state index in [1.54, 1.807) is 0 Å². The van der Waals surface area contributed by atoms with Crippen molar-refractivity contribution >= 4 is 0 Å². The number of rotatable bonds is 5. The van der Waals surface area contributed by atoms with Gasteiger partial charge in [0.05, 0.1) is 6.54 Å². The van der Waals surface area contributed by atoms with Gasteiger partial charge >= 0.3 is 0 Å². The highest BCUT2D eigenvalue weighted by Crippen LogP contribution is 2.24. The number of piperazine rings is 1. The molecule has 4 heteroatoms. The Balaban J connectivity index is 1.69. The lowest BCUT2D eigenvalue weighted by atomic mass is 10.0. The summed E-state index contributed by atoms with van der Waals surface area (Å²) in [5, 5.41) is 0. The molecule has 1 aromatic heterocycles. The quantitative estimate of drug-likeness (QED) is 0.848. The Morgan fingerprint density at radius 1 is 1.18 bits per heavy atom. The van der Waals surface area contributed by atoms with Crippen LogP contribution >= 0.6 is 0 Å². The molecule has 0 aliphatic carbocycles. The van der Waals surface area contributed by atoms with E-state index in [1.807, 2.05) is 6.20 Å². The summed E-state index contributed by atoms with van der Waals surface area (Å²) in [4.78, 5) is 9.55. The van der Waals surface area contributed by atoms with Crippen LogP contribution in [0.5, 0.6) is 0 Å². The number of imidazole rings is 1. The van der Waals surface area contributed by atoms with Crippen LogP contribution in [0.4, 0.5) is 0 Å². The van der Waals surface area contributed by atoms with Crippen LogP contribution in [-0.2, 0) is 13.1 Å². The van der Waals surface area contributed by atoms with Crippen LogP contribution in [0.3, 0.4) is 0 Å². The molecule has 0 bridgehead atoms. The van der Waals surface area contributed by atoms with Crippen LogP contribution in [0.25, 0.3) is 0 Å². The molecule has 1 atom stereocenters. The van der Waals surface area contributed by atoms with Crippen molar-refractivity contribution in [3.05, 3.63) is 54.1 Å². The van der Waals surface area contributed by atoms with Crippen molar-refractivity contribution in [3.8, 4) is 0 Å². The van der Waals surface area contributed by atoms with Gasteiger partial charge in [0.15, 0.2) is 0 Å². The van der Waals surface area contributed by atoms with Crippen LogP contribution in [-0.4, -0.2) is 46.0 Å². The zero-order valence-corrected chi connectivity index (χ0v) is 13.7. The van der Waals surface area contributed by atoms with Crippen molar-refractivity contribution < 1.29 is 0 Å². The first kappa shape index (κ1) is 15.3. The van der Waals surface area contributed by atoms with Crippen molar-refractivity contribution in [3.63, 3.8) is 0 Å². The number of hydrogen-bond acceptors (Lipinski definition) is 3. The minimum absolute atomic E-state index is 0.476. The third kappa shape index (κ3) is 3.39. The first-order valence-electron chi connectivity index (χ1n) is 8.25. The monoisotopic (exact) mass is 298 g/mol. The number of likely N-dealkylation sites (N-methyl/N-ethyl adjacent to an activating group) is 1. The summed E-state index contributed by atoms with van der Waals surface area (Å²) >= 11 is 0. The number of hydrogen-bond donors (Lipinski definition) is 0. The predicted octanol–water partition coefficient (Wildman–Crippen LogP) is 2.78. The SMILES string of the molecule is CCCn1ccnc1CN1CCN(C)[C@H](c2ccccc2)C1. The van der Waals surface area contributed by atoms with E-state index in [4.69, 9.17) is 0 Å². The van der Waals surface area contributed by atoms with Gasteiger partial charge in [-0.05, 0) is 19.0 Å². The molecule has 0 saturated carbocycles. The van der Waals surface area contributed by atoms with E-state index in [0.29, 0.717) is 6.04 Å². The normalized spacial score (nSPS) is 20.4. The fourth-order valence-corrected chi connectivity index (χ4v) is 3.25. The summed E-state index contributed by atoms with van der Waals surface area (Å²) in [6, 6.07) is 11.3. The largest absolute Gasteiger partial charge is 0.334 e. The van der Waals surface area contributed by atoms with E-state index in [-0.39, 0.29) is 0 Å². The van der Waals surface area contributed by atoms with Crippen molar-refractivity contribution in [2.45, 2.75) is 32.5 Å². The third-order valence-electron chi connectivity index (χ3n) is 4.55. The average molecular weight is 298 g/mol. The summed E-state index contributed by atoms with van der Waals surface area (Å²) in [6.45, 7) is 7.51. The Morgan fingerprint density at radius 3 is 2.77 bits per heavy atom. The second-order valence-electron chi connectivity index (χ2n) is 6.18. The highest BCUT2D eigenvalue weighted by Gasteiger charge is 2.26. The Bertz CT molecular complexity index is 578. The molecule has 1 aliphatic heterocycles. The molecule has 1 fully saturated rings. The molecule has 0 amide bonds. The highest BCUT2D eigenvalue weighted by molar-refractivity contribution is 5.20. The molecule has 1 aliphatic rings. The first-order valence-corrected chi connectivity index (χ1v) is 8.25. The molecule has 1 saturated heterocycles. The van der Waals surface area contributed by atoms with Crippen molar-refractivity contribution in [1.82, 2.24) is 19.4 Å². The van der Waals surface area contributed by atoms with E-state index in [9.17, 15) is 0 Å². The van der Waals surface area contributed by atoms with E-state index < -0.39 is 0 Å². The summed E-state index contributed by atoms with van der Waals surface area (Å²) < 4.78 is 2.29. The standard InChI is InChI=1S/C18H26N4/c1-3-10-22-11-9-19-18(22)15-21-13-12-20(2)17(14-21)16-7-5-4-6-8-16/h4-9,11,17H,3,10,12-15H2,1-2H3/t17-/m0/s1. The van der Waals surface area contributed by atoms with E-state index in [0.717, 1.165) is 39.1 Å². The van der Waals surface area contributed by atoms with Crippen molar-refractivity contribution in [1.29, 1.82) is 0 Å². The fraction of sp³-hybridized carbons (Fsp3) is 0.500. The summed E-state index contributed by atoms with van der Waals surface area (Å²) in [5.41, 5.74) is 1.41. The molecule has 118 valence electrons. The molecule has 0 spiro atoms. The highest BCUT2D eigenvalue weighted by atomic mass is 15.3. The zero-order chi connectivity index (χ0) is 15.4. The molecular formula is C18H26N4. The third-order valence-corrected chi connectivity index (χ3v) is 4.55. The van der Waals surface area contributed by atoms with Gasteiger partial charge < -0.3 is 4.57 Å². The maximum absolute atomic E-state index is 4.55. The Kier molecular flexibility index (Phi) is 4.90. The maximum atomic E-state index is 4.55. The van der Waals surface area contributed by atoms with Crippen molar-refractivity contribution in [2.75, 3.05) is 26.7 Å². The number of aryl methyl sites for hydroxylation is 1. The maximum Gasteiger partial charge on any atom is 0.122 e. The molecular weight excluding hydrogens is 272 g/mol. The minimum Gasteiger partial charge on any atom is -0.334 e. The number of aromatic nitrogens is 2. The molecule has 3 rings (SSSR count). The van der Waals surface area contributed by atoms with Gasteiger partial charge in [-0.3, -0.25) is 9.80 Å². The lowest BCUT2D eigenvalue weighted by Gasteiger charge is -2.39. The Morgan fingerprint density at radius 2 is 2.00 bits per heavy atom. The Labute approximate surface area is 133 Å². The smallest absolute Gasteiger partial charge is 0.122 e. The predicted molar refractivity (Wildman–Crippen MR) is 89.6 cm³/mol. The van der Waals surface area contributed by atoms with E-state index >= 15 is 0 Å². The minimum atomic E-state index is 0.476. The van der Waals surface area contributed by atoms with Crippen LogP contribution in [0.15, 0.2) is 42.7 Å². The molecule has 2 heterocycles. The first-order chi connectivity index (χ1) is 10.8. The zero-order valence-electron chi connectivity index (χ0n) is 13.7. The lowest BCUT2D eigenvalue weighted by Crippen LogP contribution is -2.46. The summed E-state index contributed by atoms with van der Waals surface area (Å²) in [5.74, 6) is 1.19. The molecule has 0 radical (unpaired) electrons. The van der Waals surface area contributed by atoms with Gasteiger partial charge in [-0.1, -0.05) is 37.3 Å². The van der Waals surface area contributed by atoms with E-state index in [2.05, 4.69) is 69.9 Å². The van der Waals surface area contributed by atoms with E-state index in [1.165, 1.54) is 11.4 Å². The van der Waals surface area contributed by atoms with Crippen LogP contribution in [0.1, 0.15) is 30.8 Å². The van der Waals surface area contributed by atoms with Crippen LogP contribution in [0, 0.1) is 0 Å². The van der Waals surface area contributed by atoms with Gasteiger partial charge in [0.1, 0.15) is 5.82 Å². The second-order valence-corrected chi connectivity index (χ2v) is 6.18. The van der Waals surface area contributed by atoms with Gasteiger partial charge in [-0.15, -0.1) is 0 Å². The fourth-order valence-electron chi connectivity index (χ4n) is 3.25. The van der Waals surface area contributed by atoms with Gasteiger partial charge in [-0.2, -0.15) is 0 Å². The van der Waals surface area contributed by atoms with Crippen LogP contribution in [0.2, 0.25) is 0 Å². The second kappa shape index (κ2) is 7.07. The molecule has 22 heavy (non-hydrogen) atoms. The topological polar surface area (TPSA) is 24.3 Å². The van der Waals surface area contributed by atoms with Gasteiger partial charge in [0, 0.05) is 44.6 Å².